The molecule has 9 heteroatoms. The van der Waals surface area contributed by atoms with E-state index in [-0.39, 0.29) is 25.8 Å². The standard InChI is InChI=1S/C18H21N5O4/c1-3-26-17(24)16-12(2)19-18(25)20-15(16)10-23-9-13(21-22-23)11-27-14-7-5-4-6-8-14/h4-9,12H,3,10-11H2,1-2H3,(H2,19,20,25). The van der Waals surface area contributed by atoms with E-state index in [2.05, 4.69) is 20.9 Å². The Hall–Kier alpha value is -3.36. The Morgan fingerprint density at radius 1 is 1.30 bits per heavy atom. The third-order valence-corrected chi connectivity index (χ3v) is 3.90. The first kappa shape index (κ1) is 18.4. The summed E-state index contributed by atoms with van der Waals surface area (Å²) in [5.74, 6) is 0.263. The maximum Gasteiger partial charge on any atom is 0.337 e. The number of allylic oxidation sites excluding steroid dienone is 1. The molecule has 0 aliphatic carbocycles. The Bertz CT molecular complexity index is 846. The van der Waals surface area contributed by atoms with Crippen molar-refractivity contribution in [3.8, 4) is 5.75 Å². The van der Waals surface area contributed by atoms with Crippen LogP contribution < -0.4 is 15.4 Å². The first-order chi connectivity index (χ1) is 13.1. The summed E-state index contributed by atoms with van der Waals surface area (Å²) < 4.78 is 12.3. The van der Waals surface area contributed by atoms with Crippen LogP contribution >= 0.6 is 0 Å². The van der Waals surface area contributed by atoms with E-state index in [9.17, 15) is 9.59 Å². The zero-order valence-electron chi connectivity index (χ0n) is 15.1. The fourth-order valence-corrected chi connectivity index (χ4v) is 2.72. The molecule has 0 saturated carbocycles. The Morgan fingerprint density at radius 3 is 2.81 bits per heavy atom. The van der Waals surface area contributed by atoms with E-state index < -0.39 is 12.0 Å². The van der Waals surface area contributed by atoms with Crippen molar-refractivity contribution in [3.63, 3.8) is 0 Å². The van der Waals surface area contributed by atoms with Crippen LogP contribution in [-0.4, -0.2) is 39.6 Å². The van der Waals surface area contributed by atoms with Crippen molar-refractivity contribution in [2.45, 2.75) is 33.0 Å². The molecule has 2 N–H and O–H groups in total. The molecule has 9 nitrogen and oxygen atoms in total. The molecule has 1 atom stereocenters. The molecule has 0 fully saturated rings. The molecule has 0 saturated heterocycles. The van der Waals surface area contributed by atoms with E-state index in [4.69, 9.17) is 9.47 Å². The highest BCUT2D eigenvalue weighted by molar-refractivity contribution is 5.94. The summed E-state index contributed by atoms with van der Waals surface area (Å²) in [6.45, 7) is 4.16. The molecule has 27 heavy (non-hydrogen) atoms. The van der Waals surface area contributed by atoms with Gasteiger partial charge in [0.1, 0.15) is 18.1 Å². The lowest BCUT2D eigenvalue weighted by Gasteiger charge is -2.26. The molecule has 1 aromatic carbocycles. The van der Waals surface area contributed by atoms with E-state index in [0.29, 0.717) is 17.0 Å². The molecule has 1 unspecified atom stereocenters. The predicted octanol–water partition coefficient (Wildman–Crippen LogP) is 1.38. The van der Waals surface area contributed by atoms with Gasteiger partial charge in [0.2, 0.25) is 0 Å². The van der Waals surface area contributed by atoms with Crippen molar-refractivity contribution >= 4 is 12.0 Å². The molecule has 2 heterocycles. The first-order valence-electron chi connectivity index (χ1n) is 8.61. The number of para-hydroxylation sites is 1. The van der Waals surface area contributed by atoms with Gasteiger partial charge in [-0.1, -0.05) is 23.4 Å². The van der Waals surface area contributed by atoms with Gasteiger partial charge < -0.3 is 20.1 Å². The molecule has 1 aromatic heterocycles. The lowest BCUT2D eigenvalue weighted by molar-refractivity contribution is -0.139. The number of hydrogen-bond acceptors (Lipinski definition) is 6. The second-order valence-corrected chi connectivity index (χ2v) is 5.94. The fourth-order valence-electron chi connectivity index (χ4n) is 2.72. The molecule has 142 valence electrons. The number of ether oxygens (including phenoxy) is 2. The predicted molar refractivity (Wildman–Crippen MR) is 95.6 cm³/mol. The van der Waals surface area contributed by atoms with Crippen molar-refractivity contribution in [1.82, 2.24) is 25.6 Å². The van der Waals surface area contributed by atoms with Gasteiger partial charge in [-0.25, -0.2) is 14.3 Å². The number of hydrogen-bond donors (Lipinski definition) is 2. The topological polar surface area (TPSA) is 107 Å². The summed E-state index contributed by atoms with van der Waals surface area (Å²) in [5.41, 5.74) is 1.43. The largest absolute Gasteiger partial charge is 0.487 e. The van der Waals surface area contributed by atoms with E-state index in [1.54, 1.807) is 20.0 Å². The number of amides is 2. The van der Waals surface area contributed by atoms with E-state index in [1.165, 1.54) is 4.68 Å². The van der Waals surface area contributed by atoms with Crippen LogP contribution in [0.25, 0.3) is 0 Å². The van der Waals surface area contributed by atoms with Gasteiger partial charge >= 0.3 is 12.0 Å². The lowest BCUT2D eigenvalue weighted by Crippen LogP contribution is -2.49. The van der Waals surface area contributed by atoms with Crippen LogP contribution in [0.2, 0.25) is 0 Å². The molecule has 1 aliphatic rings. The van der Waals surface area contributed by atoms with Crippen LogP contribution in [0.15, 0.2) is 47.8 Å². The van der Waals surface area contributed by atoms with Gasteiger partial charge in [0.15, 0.2) is 0 Å². The highest BCUT2D eigenvalue weighted by atomic mass is 16.5. The van der Waals surface area contributed by atoms with Crippen LogP contribution in [0, 0.1) is 0 Å². The minimum atomic E-state index is -0.472. The number of urea groups is 1. The fraction of sp³-hybridized carbons (Fsp3) is 0.333. The quantitative estimate of drug-likeness (QED) is 0.712. The Kier molecular flexibility index (Phi) is 5.70. The van der Waals surface area contributed by atoms with Crippen molar-refractivity contribution in [2.75, 3.05) is 6.61 Å². The molecule has 2 amide bonds. The van der Waals surface area contributed by atoms with Crippen LogP contribution in [-0.2, 0) is 22.7 Å². The summed E-state index contributed by atoms with van der Waals surface area (Å²) in [4.78, 5) is 24.0. The first-order valence-corrected chi connectivity index (χ1v) is 8.61. The van der Waals surface area contributed by atoms with E-state index in [1.807, 2.05) is 30.3 Å². The maximum absolute atomic E-state index is 12.2. The van der Waals surface area contributed by atoms with Crippen molar-refractivity contribution < 1.29 is 19.1 Å². The highest BCUT2D eigenvalue weighted by Gasteiger charge is 2.29. The summed E-state index contributed by atoms with van der Waals surface area (Å²) in [6, 6.07) is 8.55. The molecule has 0 bridgehead atoms. The van der Waals surface area contributed by atoms with Gasteiger partial charge in [-0.05, 0) is 26.0 Å². The van der Waals surface area contributed by atoms with Gasteiger partial charge in [0.05, 0.1) is 36.7 Å². The third kappa shape index (κ3) is 4.63. The number of esters is 1. The smallest absolute Gasteiger partial charge is 0.337 e. The lowest BCUT2D eigenvalue weighted by atomic mass is 10.0. The molecule has 2 aromatic rings. The average Bonchev–Trinajstić information content (AvgIpc) is 3.08. The second kappa shape index (κ2) is 8.35. The second-order valence-electron chi connectivity index (χ2n) is 5.94. The van der Waals surface area contributed by atoms with Crippen molar-refractivity contribution in [3.05, 3.63) is 53.5 Å². The number of carbonyl (C=O) groups is 2. The van der Waals surface area contributed by atoms with Crippen LogP contribution in [0.3, 0.4) is 0 Å². The molecule has 3 rings (SSSR count). The van der Waals surface area contributed by atoms with E-state index in [0.717, 1.165) is 5.75 Å². The number of aromatic nitrogens is 3. The highest BCUT2D eigenvalue weighted by Crippen LogP contribution is 2.16. The van der Waals surface area contributed by atoms with Crippen LogP contribution in [0.1, 0.15) is 19.5 Å². The normalized spacial score (nSPS) is 16.5. The van der Waals surface area contributed by atoms with Crippen molar-refractivity contribution in [2.24, 2.45) is 0 Å². The summed E-state index contributed by atoms with van der Waals surface area (Å²) in [5, 5.41) is 13.4. The Labute approximate surface area is 156 Å². The Morgan fingerprint density at radius 2 is 2.07 bits per heavy atom. The van der Waals surface area contributed by atoms with Crippen LogP contribution in [0.5, 0.6) is 5.75 Å². The van der Waals surface area contributed by atoms with Gasteiger partial charge in [-0.15, -0.1) is 5.10 Å². The number of benzene rings is 1. The molecule has 0 spiro atoms. The molecule has 0 radical (unpaired) electrons. The van der Waals surface area contributed by atoms with Gasteiger partial charge in [0, 0.05) is 0 Å². The molecular weight excluding hydrogens is 350 g/mol. The monoisotopic (exact) mass is 371 g/mol. The number of nitrogens with one attached hydrogen (secondary N) is 2. The van der Waals surface area contributed by atoms with Gasteiger partial charge in [-0.2, -0.15) is 0 Å². The number of carbonyl (C=O) groups excluding carboxylic acids is 2. The Balaban J connectivity index is 1.72. The zero-order valence-corrected chi connectivity index (χ0v) is 15.1. The number of rotatable bonds is 7. The summed E-state index contributed by atoms with van der Waals surface area (Å²) in [7, 11) is 0. The SMILES string of the molecule is CCOC(=O)C1=C(Cn2cc(COc3ccccc3)nn2)NC(=O)NC1C. The minimum absolute atomic E-state index is 0.185. The van der Waals surface area contributed by atoms with E-state index >= 15 is 0 Å². The molecular formula is C18H21N5O4. The third-order valence-electron chi connectivity index (χ3n) is 3.90. The summed E-state index contributed by atoms with van der Waals surface area (Å²) >= 11 is 0. The maximum atomic E-state index is 12.2. The zero-order chi connectivity index (χ0) is 19.2. The van der Waals surface area contributed by atoms with Crippen LogP contribution in [0.4, 0.5) is 4.79 Å². The summed E-state index contributed by atoms with van der Waals surface area (Å²) in [6.07, 6.45) is 1.71. The number of nitrogens with zero attached hydrogens (tertiary/aromatic N) is 3. The van der Waals surface area contributed by atoms with Crippen molar-refractivity contribution in [1.29, 1.82) is 0 Å². The minimum Gasteiger partial charge on any atom is -0.487 e. The van der Waals surface area contributed by atoms with Gasteiger partial charge in [-0.3, -0.25) is 0 Å². The average molecular weight is 371 g/mol. The molecule has 1 aliphatic heterocycles. The van der Waals surface area contributed by atoms with Gasteiger partial charge in [0.25, 0.3) is 0 Å².